The molecule has 0 radical (unpaired) electrons. The Morgan fingerprint density at radius 2 is 1.02 bits per heavy atom. The highest BCUT2D eigenvalue weighted by Gasteiger charge is 2.33. The maximum atomic E-state index is 12.9. The molecule has 0 atom stereocenters. The van der Waals surface area contributed by atoms with Crippen LogP contribution in [0.4, 0.5) is 0 Å². The van der Waals surface area contributed by atoms with Crippen LogP contribution in [-0.4, -0.2) is 11.8 Å². The van der Waals surface area contributed by atoms with Gasteiger partial charge in [-0.2, -0.15) is 0 Å². The van der Waals surface area contributed by atoms with Crippen LogP contribution in [0.15, 0.2) is 122 Å². The highest BCUT2D eigenvalue weighted by atomic mass is 16.2. The van der Waals surface area contributed by atoms with Crippen LogP contribution in [0.5, 0.6) is 0 Å². The number of nitrogens with one attached hydrogen (secondary N) is 1. The molecule has 8 aromatic carbocycles. The van der Waals surface area contributed by atoms with E-state index in [1.807, 2.05) is 18.2 Å². The molecule has 1 aliphatic heterocycles. The highest BCUT2D eigenvalue weighted by molar-refractivity contribution is 6.41. The molecule has 0 aromatic heterocycles. The van der Waals surface area contributed by atoms with Crippen molar-refractivity contribution < 1.29 is 9.59 Å². The Balaban J connectivity index is 1.44. The summed E-state index contributed by atoms with van der Waals surface area (Å²) in [7, 11) is 0. The van der Waals surface area contributed by atoms with Gasteiger partial charge in [0.15, 0.2) is 0 Å². The Morgan fingerprint density at radius 1 is 0.522 bits per heavy atom. The van der Waals surface area contributed by atoms with E-state index in [9.17, 15) is 9.59 Å². The molecule has 0 spiro atoms. The summed E-state index contributed by atoms with van der Waals surface area (Å²) in [5, 5.41) is 13.5. The van der Waals surface area contributed by atoms with Gasteiger partial charge in [0.25, 0.3) is 11.8 Å². The molecule has 0 saturated carbocycles. The van der Waals surface area contributed by atoms with E-state index in [4.69, 9.17) is 0 Å². The molecular weight excluding hydrogens is 562 g/mol. The lowest BCUT2D eigenvalue weighted by atomic mass is 9.82. The van der Waals surface area contributed by atoms with Crippen LogP contribution in [0.25, 0.3) is 92.8 Å². The van der Waals surface area contributed by atoms with E-state index < -0.39 is 0 Å². The number of amides is 2. The summed E-state index contributed by atoms with van der Waals surface area (Å²) >= 11 is 0. The smallest absolute Gasteiger partial charge is 0.258 e. The Hall–Kier alpha value is -6.06. The van der Waals surface area contributed by atoms with Gasteiger partial charge in [-0.1, -0.05) is 110 Å². The maximum Gasteiger partial charge on any atom is 0.258 e. The van der Waals surface area contributed by atoms with Crippen molar-refractivity contribution in [2.75, 3.05) is 0 Å². The fourth-order valence-electron chi connectivity index (χ4n) is 8.47. The monoisotopic (exact) mass is 587 g/mol. The summed E-state index contributed by atoms with van der Waals surface area (Å²) in [5.41, 5.74) is 10.8. The van der Waals surface area contributed by atoms with Crippen molar-refractivity contribution in [3.63, 3.8) is 0 Å². The van der Waals surface area contributed by atoms with Gasteiger partial charge in [-0.25, -0.2) is 0 Å². The van der Waals surface area contributed by atoms with Crippen molar-refractivity contribution in [2.45, 2.75) is 6.92 Å². The largest absolute Gasteiger partial charge is 0.288 e. The van der Waals surface area contributed by atoms with Crippen LogP contribution in [0, 0.1) is 0 Å². The van der Waals surface area contributed by atoms with Gasteiger partial charge in [0.2, 0.25) is 0 Å². The molecule has 10 rings (SSSR count). The lowest BCUT2D eigenvalue weighted by Gasteiger charge is -2.21. The summed E-state index contributed by atoms with van der Waals surface area (Å²) in [6, 6.07) is 36.3. The van der Waals surface area contributed by atoms with Gasteiger partial charge in [-0.3, -0.25) is 14.9 Å². The van der Waals surface area contributed by atoms with Crippen molar-refractivity contribution >= 4 is 71.2 Å². The summed E-state index contributed by atoms with van der Waals surface area (Å²) in [6.07, 6.45) is 4.13. The van der Waals surface area contributed by atoms with Gasteiger partial charge < -0.3 is 0 Å². The zero-order valence-electron chi connectivity index (χ0n) is 25.0. The van der Waals surface area contributed by atoms with Crippen LogP contribution in [0.1, 0.15) is 33.2 Å². The zero-order chi connectivity index (χ0) is 30.8. The van der Waals surface area contributed by atoms with Crippen LogP contribution in [0.3, 0.4) is 0 Å². The number of carbonyl (C=O) groups is 2. The van der Waals surface area contributed by atoms with Gasteiger partial charge in [-0.15, -0.1) is 0 Å². The SMILES string of the molecule is C=C/C(=C\C)c1c2c(c(-c3ccccc3)c3ccccc13)-c1ccc3c4ccc5c6c(ccc(c7ccc-2c1c73)c64)C(=O)NC5=O. The second kappa shape index (κ2) is 8.77. The quantitative estimate of drug-likeness (QED) is 0.0967. The molecular formula is C43H25NO2. The molecule has 0 saturated heterocycles. The number of benzene rings is 8. The third-order valence-corrected chi connectivity index (χ3v) is 10.3. The standard InChI is InChI=1S/C43H25NO2/c1-3-22(4-2)34-24-12-8-9-13-25(24)35(23-10-6-5-7-11-23)41-31-19-15-27-29-17-21-33-39-32(42(45)44-43(33)46)20-16-28(37(29)39)26-14-18-30(40(34)41)38(31)36(26)27/h3-21H,1H2,2H3,(H,44,45,46)/b22-4+. The van der Waals surface area contributed by atoms with Crippen molar-refractivity contribution in [3.05, 3.63) is 139 Å². The predicted molar refractivity (Wildman–Crippen MR) is 191 cm³/mol. The number of imide groups is 1. The van der Waals surface area contributed by atoms with E-state index in [1.165, 1.54) is 60.5 Å². The maximum absolute atomic E-state index is 12.9. The lowest BCUT2D eigenvalue weighted by molar-refractivity contribution is 0.0845. The van der Waals surface area contributed by atoms with Crippen LogP contribution >= 0.6 is 0 Å². The van der Waals surface area contributed by atoms with E-state index >= 15 is 0 Å². The van der Waals surface area contributed by atoms with Crippen molar-refractivity contribution in [1.82, 2.24) is 5.32 Å². The molecule has 214 valence electrons. The number of hydrogen-bond donors (Lipinski definition) is 1. The molecule has 2 amide bonds. The second-order valence-electron chi connectivity index (χ2n) is 12.3. The van der Waals surface area contributed by atoms with E-state index in [0.717, 1.165) is 37.9 Å². The minimum absolute atomic E-state index is 0.341. The molecule has 1 heterocycles. The van der Waals surface area contributed by atoms with E-state index in [2.05, 4.69) is 116 Å². The van der Waals surface area contributed by atoms with Crippen LogP contribution in [-0.2, 0) is 0 Å². The molecule has 1 N–H and O–H groups in total. The summed E-state index contributed by atoms with van der Waals surface area (Å²) in [4.78, 5) is 25.8. The van der Waals surface area contributed by atoms with E-state index in [0.29, 0.717) is 11.1 Å². The van der Waals surface area contributed by atoms with Gasteiger partial charge in [0.05, 0.1) is 0 Å². The van der Waals surface area contributed by atoms with Crippen LogP contribution in [0.2, 0.25) is 0 Å². The first kappa shape index (κ1) is 25.3. The van der Waals surface area contributed by atoms with Gasteiger partial charge in [-0.05, 0) is 112 Å². The molecule has 8 aromatic rings. The first-order chi connectivity index (χ1) is 22.6. The lowest BCUT2D eigenvalue weighted by Crippen LogP contribution is -2.34. The molecule has 3 nitrogen and oxygen atoms in total. The molecule has 0 unspecified atom stereocenters. The predicted octanol–water partition coefficient (Wildman–Crippen LogP) is 10.7. The summed E-state index contributed by atoms with van der Waals surface area (Å²) < 4.78 is 0. The Kier molecular flexibility index (Phi) is 4.82. The number of hydrogen-bond acceptors (Lipinski definition) is 2. The first-order valence-corrected chi connectivity index (χ1v) is 15.6. The molecule has 0 bridgehead atoms. The van der Waals surface area contributed by atoms with Crippen molar-refractivity contribution in [1.29, 1.82) is 0 Å². The number of allylic oxidation sites excluding steroid dienone is 3. The van der Waals surface area contributed by atoms with Gasteiger partial charge in [0.1, 0.15) is 0 Å². The molecule has 2 aliphatic rings. The Labute approximate surface area is 264 Å². The summed E-state index contributed by atoms with van der Waals surface area (Å²) in [6.45, 7) is 6.32. The van der Waals surface area contributed by atoms with Gasteiger partial charge >= 0.3 is 0 Å². The number of fused-ring (bicyclic) bond motifs is 6. The molecule has 46 heavy (non-hydrogen) atoms. The minimum atomic E-state index is -0.341. The fraction of sp³-hybridized carbons (Fsp3) is 0.0233. The topological polar surface area (TPSA) is 46.2 Å². The van der Waals surface area contributed by atoms with E-state index in [1.54, 1.807) is 0 Å². The van der Waals surface area contributed by atoms with Crippen molar-refractivity contribution in [2.24, 2.45) is 0 Å². The van der Waals surface area contributed by atoms with Crippen molar-refractivity contribution in [3.8, 4) is 33.4 Å². The molecule has 1 aliphatic carbocycles. The normalized spacial score (nSPS) is 13.8. The average molecular weight is 588 g/mol. The zero-order valence-corrected chi connectivity index (χ0v) is 25.0. The Bertz CT molecular complexity index is 2700. The number of rotatable bonds is 3. The fourth-order valence-corrected chi connectivity index (χ4v) is 8.47. The molecule has 0 fully saturated rings. The first-order valence-electron chi connectivity index (χ1n) is 15.6. The molecule has 3 heteroatoms. The number of carbonyl (C=O) groups excluding carboxylic acids is 2. The second-order valence-corrected chi connectivity index (χ2v) is 12.3. The highest BCUT2D eigenvalue weighted by Crippen LogP contribution is 2.59. The van der Waals surface area contributed by atoms with Gasteiger partial charge in [0, 0.05) is 16.5 Å². The Morgan fingerprint density at radius 3 is 1.59 bits per heavy atom. The van der Waals surface area contributed by atoms with Crippen LogP contribution < -0.4 is 5.32 Å². The minimum Gasteiger partial charge on any atom is -0.288 e. The summed E-state index contributed by atoms with van der Waals surface area (Å²) in [5.74, 6) is -0.683. The van der Waals surface area contributed by atoms with E-state index in [-0.39, 0.29) is 11.8 Å². The third kappa shape index (κ3) is 2.93. The average Bonchev–Trinajstić information content (AvgIpc) is 3.43. The third-order valence-electron chi connectivity index (χ3n) is 10.3.